The van der Waals surface area contributed by atoms with Gasteiger partial charge in [0.15, 0.2) is 0 Å². The molecule has 1 N–H and O–H groups in total. The first-order chi connectivity index (χ1) is 13.9. The van der Waals surface area contributed by atoms with Crippen LogP contribution in [0.1, 0.15) is 12.1 Å². The minimum atomic E-state index is -3.60. The first kappa shape index (κ1) is 23.4. The number of aromatic nitrogens is 2. The number of hydrogen-bond acceptors (Lipinski definition) is 5. The number of nitrogens with one attached hydrogen (secondary N) is 1. The number of ether oxygens (including phenoxy) is 2. The number of halogens is 1. The van der Waals surface area contributed by atoms with Gasteiger partial charge in [-0.1, -0.05) is 12.1 Å². The lowest BCUT2D eigenvalue weighted by atomic mass is 10.1. The van der Waals surface area contributed by atoms with Crippen LogP contribution in [0.2, 0.25) is 0 Å². The zero-order chi connectivity index (χ0) is 21.3. The van der Waals surface area contributed by atoms with E-state index in [0.29, 0.717) is 43.9 Å². The van der Waals surface area contributed by atoms with E-state index in [1.807, 2.05) is 6.07 Å². The van der Waals surface area contributed by atoms with Gasteiger partial charge in [-0.2, -0.15) is 22.1 Å². The molecule has 1 aromatic heterocycles. The fraction of sp³-hybridized carbons (Fsp3) is 0.526. The van der Waals surface area contributed by atoms with E-state index in [1.54, 1.807) is 19.2 Å². The van der Waals surface area contributed by atoms with Gasteiger partial charge >= 0.3 is 0 Å². The maximum absolute atomic E-state index is 13.4. The largest absolute Gasteiger partial charge is 0.383 e. The molecule has 0 bridgehead atoms. The van der Waals surface area contributed by atoms with Gasteiger partial charge in [-0.15, -0.1) is 0 Å². The highest BCUT2D eigenvalue weighted by molar-refractivity contribution is 7.86. The molecule has 0 aliphatic carbocycles. The summed E-state index contributed by atoms with van der Waals surface area (Å²) in [6.45, 7) is 1.52. The Labute approximate surface area is 171 Å². The highest BCUT2D eigenvalue weighted by atomic mass is 32.2. The average molecular weight is 429 g/mol. The van der Waals surface area contributed by atoms with Crippen molar-refractivity contribution in [1.29, 1.82) is 0 Å². The van der Waals surface area contributed by atoms with Crippen LogP contribution in [0, 0.1) is 5.82 Å². The summed E-state index contributed by atoms with van der Waals surface area (Å²) in [6, 6.07) is 8.09. The van der Waals surface area contributed by atoms with Gasteiger partial charge in [0.2, 0.25) is 0 Å². The molecule has 0 aliphatic rings. The molecule has 0 saturated heterocycles. The van der Waals surface area contributed by atoms with E-state index in [-0.39, 0.29) is 18.9 Å². The van der Waals surface area contributed by atoms with Gasteiger partial charge in [-0.25, -0.2) is 4.39 Å². The molecule has 29 heavy (non-hydrogen) atoms. The van der Waals surface area contributed by atoms with Gasteiger partial charge in [0, 0.05) is 52.2 Å². The van der Waals surface area contributed by atoms with Crippen LogP contribution in [0.5, 0.6) is 0 Å². The molecule has 0 unspecified atom stereocenters. The normalized spacial score (nSPS) is 12.2. The monoisotopic (exact) mass is 428 g/mol. The van der Waals surface area contributed by atoms with Gasteiger partial charge < -0.3 is 9.47 Å². The van der Waals surface area contributed by atoms with Crippen molar-refractivity contribution in [3.8, 4) is 11.3 Å². The van der Waals surface area contributed by atoms with Crippen molar-refractivity contribution in [2.45, 2.75) is 12.8 Å². The van der Waals surface area contributed by atoms with Crippen LogP contribution in [-0.2, 0) is 26.1 Å². The molecule has 2 aromatic rings. The Hall–Kier alpha value is -1.85. The van der Waals surface area contributed by atoms with Gasteiger partial charge in [0.05, 0.1) is 18.9 Å². The zero-order valence-corrected chi connectivity index (χ0v) is 17.9. The molecule has 0 atom stereocenters. The second-order valence-corrected chi connectivity index (χ2v) is 8.64. The minimum Gasteiger partial charge on any atom is -0.383 e. The Bertz CT molecular complexity index is 851. The SMILES string of the molecule is COCCN(CCOC)S(=O)(=O)N(C)CCCc1cc(-c2cccc(F)c2)n[nH]1. The molecule has 8 nitrogen and oxygen atoms in total. The Morgan fingerprint density at radius 2 is 1.79 bits per heavy atom. The third kappa shape index (κ3) is 6.86. The number of aryl methyl sites for hydroxylation is 1. The summed E-state index contributed by atoms with van der Waals surface area (Å²) in [6.07, 6.45) is 1.24. The summed E-state index contributed by atoms with van der Waals surface area (Å²) >= 11 is 0. The number of benzene rings is 1. The molecule has 0 amide bonds. The van der Waals surface area contributed by atoms with Gasteiger partial charge in [0.1, 0.15) is 5.82 Å². The van der Waals surface area contributed by atoms with E-state index in [1.165, 1.54) is 35.0 Å². The summed E-state index contributed by atoms with van der Waals surface area (Å²) in [5.74, 6) is -0.314. The third-order valence-electron chi connectivity index (χ3n) is 4.48. The molecular formula is C19H29FN4O4S. The number of H-pyrrole nitrogens is 1. The van der Waals surface area contributed by atoms with E-state index in [9.17, 15) is 12.8 Å². The molecule has 1 heterocycles. The number of hydrogen-bond donors (Lipinski definition) is 1. The fourth-order valence-electron chi connectivity index (χ4n) is 2.82. The van der Waals surface area contributed by atoms with Crippen molar-refractivity contribution in [3.63, 3.8) is 0 Å². The van der Waals surface area contributed by atoms with E-state index in [0.717, 1.165) is 5.69 Å². The maximum atomic E-state index is 13.4. The van der Waals surface area contributed by atoms with Crippen molar-refractivity contribution in [2.75, 3.05) is 54.1 Å². The van der Waals surface area contributed by atoms with E-state index >= 15 is 0 Å². The van der Waals surface area contributed by atoms with Crippen molar-refractivity contribution < 1.29 is 22.3 Å². The van der Waals surface area contributed by atoms with Gasteiger partial charge in [-0.3, -0.25) is 5.10 Å². The average Bonchev–Trinajstić information content (AvgIpc) is 3.16. The molecular weight excluding hydrogens is 399 g/mol. The summed E-state index contributed by atoms with van der Waals surface area (Å²) in [5, 5.41) is 7.14. The van der Waals surface area contributed by atoms with Crippen molar-refractivity contribution in [1.82, 2.24) is 18.8 Å². The standard InChI is InChI=1S/C19H29FN4O4S/c1-23(29(25,26)24(10-12-27-2)11-13-28-3)9-5-8-18-15-19(22-21-18)16-6-4-7-17(20)14-16/h4,6-7,14-15H,5,8-13H2,1-3H3,(H,21,22). The molecule has 162 valence electrons. The second-order valence-electron chi connectivity index (χ2n) is 6.61. The predicted molar refractivity (Wildman–Crippen MR) is 109 cm³/mol. The molecule has 0 aliphatic heterocycles. The van der Waals surface area contributed by atoms with Crippen molar-refractivity contribution in [3.05, 3.63) is 41.8 Å². The molecule has 2 rings (SSSR count). The Morgan fingerprint density at radius 3 is 2.41 bits per heavy atom. The van der Waals surface area contributed by atoms with Gasteiger partial charge in [0.25, 0.3) is 10.2 Å². The highest BCUT2D eigenvalue weighted by Gasteiger charge is 2.26. The second kappa shape index (κ2) is 11.4. The molecule has 0 radical (unpaired) electrons. The smallest absolute Gasteiger partial charge is 0.281 e. The van der Waals surface area contributed by atoms with Crippen LogP contribution in [0.3, 0.4) is 0 Å². The lowest BCUT2D eigenvalue weighted by Gasteiger charge is -2.27. The van der Waals surface area contributed by atoms with E-state index in [4.69, 9.17) is 9.47 Å². The number of methoxy groups -OCH3 is 2. The molecule has 0 fully saturated rings. The van der Waals surface area contributed by atoms with Crippen LogP contribution in [-0.4, -0.2) is 81.3 Å². The third-order valence-corrected chi connectivity index (χ3v) is 6.47. The lowest BCUT2D eigenvalue weighted by Crippen LogP contribution is -2.45. The van der Waals surface area contributed by atoms with Crippen LogP contribution in [0.25, 0.3) is 11.3 Å². The molecule has 1 aromatic carbocycles. The van der Waals surface area contributed by atoms with E-state index in [2.05, 4.69) is 10.2 Å². The Kier molecular flexibility index (Phi) is 9.18. The maximum Gasteiger partial charge on any atom is 0.281 e. The van der Waals surface area contributed by atoms with Crippen molar-refractivity contribution >= 4 is 10.2 Å². The van der Waals surface area contributed by atoms with Crippen LogP contribution < -0.4 is 0 Å². The molecule has 0 saturated carbocycles. The predicted octanol–water partition coefficient (Wildman–Crippen LogP) is 1.92. The summed E-state index contributed by atoms with van der Waals surface area (Å²) in [5.41, 5.74) is 2.22. The van der Waals surface area contributed by atoms with E-state index < -0.39 is 10.2 Å². The van der Waals surface area contributed by atoms with Crippen molar-refractivity contribution in [2.24, 2.45) is 0 Å². The van der Waals surface area contributed by atoms with Gasteiger partial charge in [-0.05, 0) is 31.0 Å². The molecule has 0 spiro atoms. The first-order valence-corrected chi connectivity index (χ1v) is 10.8. The molecule has 10 heteroatoms. The van der Waals surface area contributed by atoms with Crippen LogP contribution >= 0.6 is 0 Å². The minimum absolute atomic E-state index is 0.268. The topological polar surface area (TPSA) is 87.8 Å². The van der Waals surface area contributed by atoms with Crippen LogP contribution in [0.4, 0.5) is 4.39 Å². The Balaban J connectivity index is 1.91. The first-order valence-electron chi connectivity index (χ1n) is 9.38. The number of rotatable bonds is 13. The lowest BCUT2D eigenvalue weighted by molar-refractivity contribution is 0.147. The summed E-state index contributed by atoms with van der Waals surface area (Å²) in [7, 11) is 1.03. The Morgan fingerprint density at radius 1 is 1.10 bits per heavy atom. The fourth-order valence-corrected chi connectivity index (χ4v) is 4.18. The zero-order valence-electron chi connectivity index (χ0n) is 17.1. The quantitative estimate of drug-likeness (QED) is 0.527. The summed E-state index contributed by atoms with van der Waals surface area (Å²) < 4.78 is 51.7. The summed E-state index contributed by atoms with van der Waals surface area (Å²) in [4.78, 5) is 0. The van der Waals surface area contributed by atoms with Crippen LogP contribution in [0.15, 0.2) is 30.3 Å². The number of nitrogens with zero attached hydrogens (tertiary/aromatic N) is 3. The number of aromatic amines is 1. The highest BCUT2D eigenvalue weighted by Crippen LogP contribution is 2.19.